The molecule has 4 heterocycles. The summed E-state index contributed by atoms with van der Waals surface area (Å²) in [5.41, 5.74) is 6.73. The number of ether oxygens (including phenoxy) is 3. The molecule has 2 aliphatic rings. The third-order valence-electron chi connectivity index (χ3n) is 8.19. The van der Waals surface area contributed by atoms with Crippen LogP contribution < -0.4 is 4.74 Å². The number of imidazole rings is 1. The summed E-state index contributed by atoms with van der Waals surface area (Å²) in [4.78, 5) is 26.2. The Hall–Kier alpha value is -4.55. The van der Waals surface area contributed by atoms with Crippen molar-refractivity contribution in [3.63, 3.8) is 0 Å². The van der Waals surface area contributed by atoms with E-state index in [0.717, 1.165) is 66.7 Å². The average Bonchev–Trinajstić information content (AvgIpc) is 3.34. The molecule has 0 amide bonds. The second-order valence-electron chi connectivity index (χ2n) is 10.9. The Morgan fingerprint density at radius 3 is 2.79 bits per heavy atom. The first kappa shape index (κ1) is 27.6. The molecule has 1 fully saturated rings. The van der Waals surface area contributed by atoms with Gasteiger partial charge in [0.2, 0.25) is 5.88 Å². The lowest BCUT2D eigenvalue weighted by molar-refractivity contribution is -0.0591. The molecule has 1 saturated heterocycles. The molecular weight excluding hydrogens is 530 g/mol. The maximum atomic E-state index is 12.1. The number of rotatable bonds is 9. The van der Waals surface area contributed by atoms with Crippen LogP contribution in [0.15, 0.2) is 54.7 Å². The van der Waals surface area contributed by atoms with Crippen molar-refractivity contribution in [2.75, 3.05) is 13.7 Å². The highest BCUT2D eigenvalue weighted by atomic mass is 16.5. The number of hydrogen-bond acceptors (Lipinski definition) is 8. The first-order valence-corrected chi connectivity index (χ1v) is 14.3. The number of aromatic nitrogens is 4. The van der Waals surface area contributed by atoms with Gasteiger partial charge in [-0.1, -0.05) is 12.1 Å². The van der Waals surface area contributed by atoms with E-state index < -0.39 is 5.97 Å². The summed E-state index contributed by atoms with van der Waals surface area (Å²) in [6.07, 6.45) is 8.87. The second kappa shape index (κ2) is 12.1. The molecule has 9 nitrogen and oxygen atoms in total. The first-order valence-electron chi connectivity index (χ1n) is 14.3. The Balaban J connectivity index is 1.18. The number of hydrogen-bond donors (Lipinski definition) is 0. The number of methoxy groups -OCH3 is 1. The van der Waals surface area contributed by atoms with Crippen molar-refractivity contribution in [2.45, 2.75) is 58.3 Å². The van der Waals surface area contributed by atoms with E-state index in [1.807, 2.05) is 37.3 Å². The van der Waals surface area contributed by atoms with E-state index in [2.05, 4.69) is 32.7 Å². The van der Waals surface area contributed by atoms with Crippen LogP contribution in [0, 0.1) is 24.2 Å². The van der Waals surface area contributed by atoms with Crippen LogP contribution in [0.4, 0.5) is 0 Å². The molecule has 214 valence electrons. The van der Waals surface area contributed by atoms with E-state index in [4.69, 9.17) is 24.5 Å². The molecule has 2 unspecified atom stereocenters. The van der Waals surface area contributed by atoms with Crippen LogP contribution in [-0.2, 0) is 29.0 Å². The zero-order valence-electron chi connectivity index (χ0n) is 23.9. The van der Waals surface area contributed by atoms with Crippen molar-refractivity contribution in [3.05, 3.63) is 88.5 Å². The Morgan fingerprint density at radius 1 is 1.19 bits per heavy atom. The molecule has 0 bridgehead atoms. The van der Waals surface area contributed by atoms with Gasteiger partial charge < -0.3 is 18.8 Å². The molecule has 42 heavy (non-hydrogen) atoms. The van der Waals surface area contributed by atoms with Gasteiger partial charge in [-0.15, -0.1) is 0 Å². The van der Waals surface area contributed by atoms with Crippen LogP contribution in [0.2, 0.25) is 0 Å². The van der Waals surface area contributed by atoms with E-state index in [1.54, 1.807) is 12.3 Å². The topological polar surface area (TPSA) is 112 Å². The van der Waals surface area contributed by atoms with Crippen LogP contribution >= 0.6 is 0 Å². The number of allylic oxidation sites excluding steroid dienone is 2. The maximum Gasteiger partial charge on any atom is 0.356 e. The number of nitrogens with zero attached hydrogens (tertiary/aromatic N) is 5. The van der Waals surface area contributed by atoms with E-state index in [1.165, 1.54) is 12.7 Å². The molecule has 0 spiro atoms. The van der Waals surface area contributed by atoms with Crippen LogP contribution in [0.25, 0.3) is 16.7 Å². The van der Waals surface area contributed by atoms with Crippen molar-refractivity contribution in [1.82, 2.24) is 19.5 Å². The lowest BCUT2D eigenvalue weighted by Gasteiger charge is -2.28. The number of esters is 1. The normalized spacial score (nSPS) is 18.2. The Labute approximate surface area is 244 Å². The SMILES string of the molecule is COC(=O)c1ccc2nc(CC3CC=C(c4cccnc4OCc4ccc(C#N)cc4C)CC3)n(CC3CCO3)c2n1. The first-order chi connectivity index (χ1) is 20.5. The van der Waals surface area contributed by atoms with Gasteiger partial charge in [-0.3, -0.25) is 0 Å². The van der Waals surface area contributed by atoms with Crippen LogP contribution in [0.3, 0.4) is 0 Å². The number of carbonyl (C=O) groups excluding carboxylic acids is 1. The molecule has 0 saturated carbocycles. The predicted molar refractivity (Wildman–Crippen MR) is 157 cm³/mol. The third kappa shape index (κ3) is 5.76. The predicted octanol–water partition coefficient (Wildman–Crippen LogP) is 5.59. The molecule has 0 radical (unpaired) electrons. The Morgan fingerprint density at radius 2 is 2.07 bits per heavy atom. The van der Waals surface area contributed by atoms with Gasteiger partial charge in [0.25, 0.3) is 0 Å². The lowest BCUT2D eigenvalue weighted by Crippen LogP contribution is -2.32. The summed E-state index contributed by atoms with van der Waals surface area (Å²) in [5.74, 6) is 1.57. The molecule has 1 aromatic carbocycles. The van der Waals surface area contributed by atoms with Gasteiger partial charge in [-0.2, -0.15) is 5.26 Å². The smallest absolute Gasteiger partial charge is 0.356 e. The molecule has 3 aromatic heterocycles. The Bertz CT molecular complexity index is 1700. The lowest BCUT2D eigenvalue weighted by atomic mass is 9.85. The van der Waals surface area contributed by atoms with E-state index in [0.29, 0.717) is 36.2 Å². The fraction of sp³-hybridized carbons (Fsp3) is 0.364. The third-order valence-corrected chi connectivity index (χ3v) is 8.19. The van der Waals surface area contributed by atoms with Gasteiger partial charge in [-0.25, -0.2) is 19.7 Å². The molecule has 1 aliphatic carbocycles. The van der Waals surface area contributed by atoms with Crippen molar-refractivity contribution >= 4 is 22.7 Å². The quantitative estimate of drug-likeness (QED) is 0.242. The Kier molecular flexibility index (Phi) is 7.97. The van der Waals surface area contributed by atoms with Gasteiger partial charge in [0, 0.05) is 24.8 Å². The molecule has 9 heteroatoms. The van der Waals surface area contributed by atoms with Crippen molar-refractivity contribution < 1.29 is 19.0 Å². The highest BCUT2D eigenvalue weighted by Gasteiger charge is 2.26. The summed E-state index contributed by atoms with van der Waals surface area (Å²) in [6.45, 7) is 3.83. The zero-order valence-corrected chi connectivity index (χ0v) is 23.9. The number of aryl methyl sites for hydroxylation is 1. The fourth-order valence-corrected chi connectivity index (χ4v) is 5.65. The standard InChI is InChI=1S/C33H33N5O4/c1-21-16-23(18-34)7-10-25(21)20-42-32-27(4-3-14-35-32)24-8-5-22(6-9-24)17-30-36-28-11-12-29(33(39)40-2)37-31(28)38(30)19-26-13-15-41-26/h3-4,7-8,10-12,14,16,22,26H,5-6,9,13,15,17,19-20H2,1-2H3. The van der Waals surface area contributed by atoms with E-state index >= 15 is 0 Å². The van der Waals surface area contributed by atoms with Crippen molar-refractivity contribution in [1.29, 1.82) is 5.26 Å². The van der Waals surface area contributed by atoms with Gasteiger partial charge in [0.05, 0.1) is 31.4 Å². The number of nitriles is 1. The highest BCUT2D eigenvalue weighted by Crippen LogP contribution is 2.36. The largest absolute Gasteiger partial charge is 0.472 e. The van der Waals surface area contributed by atoms with Gasteiger partial charge >= 0.3 is 5.97 Å². The highest BCUT2D eigenvalue weighted by molar-refractivity contribution is 5.89. The maximum absolute atomic E-state index is 12.1. The molecule has 1 aliphatic heterocycles. The zero-order chi connectivity index (χ0) is 29.1. The van der Waals surface area contributed by atoms with E-state index in [9.17, 15) is 4.79 Å². The summed E-state index contributed by atoms with van der Waals surface area (Å²) < 4.78 is 18.9. The number of benzene rings is 1. The van der Waals surface area contributed by atoms with Crippen LogP contribution in [0.5, 0.6) is 5.88 Å². The number of carbonyl (C=O) groups is 1. The van der Waals surface area contributed by atoms with Crippen LogP contribution in [-0.4, -0.2) is 45.3 Å². The fourth-order valence-electron chi connectivity index (χ4n) is 5.65. The minimum atomic E-state index is -0.457. The number of fused-ring (bicyclic) bond motifs is 1. The molecule has 6 rings (SSSR count). The molecule has 4 aromatic rings. The van der Waals surface area contributed by atoms with Crippen LogP contribution in [0.1, 0.15) is 64.2 Å². The minimum absolute atomic E-state index is 0.139. The average molecular weight is 564 g/mol. The minimum Gasteiger partial charge on any atom is -0.472 e. The molecule has 2 atom stereocenters. The summed E-state index contributed by atoms with van der Waals surface area (Å²) in [7, 11) is 1.36. The molecular formula is C33H33N5O4. The second-order valence-corrected chi connectivity index (χ2v) is 10.9. The van der Waals surface area contributed by atoms with Crippen molar-refractivity contribution in [3.8, 4) is 11.9 Å². The van der Waals surface area contributed by atoms with Gasteiger partial charge in [-0.05, 0) is 91.6 Å². The summed E-state index contributed by atoms with van der Waals surface area (Å²) in [6, 6.07) is 15.3. The number of pyridine rings is 2. The summed E-state index contributed by atoms with van der Waals surface area (Å²) >= 11 is 0. The summed E-state index contributed by atoms with van der Waals surface area (Å²) in [5, 5.41) is 9.15. The monoisotopic (exact) mass is 563 g/mol. The van der Waals surface area contributed by atoms with Gasteiger partial charge in [0.15, 0.2) is 11.3 Å². The molecule has 0 N–H and O–H groups in total. The van der Waals surface area contributed by atoms with Crippen molar-refractivity contribution in [2.24, 2.45) is 5.92 Å². The van der Waals surface area contributed by atoms with Gasteiger partial charge in [0.1, 0.15) is 17.9 Å². The van der Waals surface area contributed by atoms with E-state index in [-0.39, 0.29) is 11.8 Å².